The van der Waals surface area contributed by atoms with Crippen LogP contribution in [0.4, 0.5) is 0 Å². The quantitative estimate of drug-likeness (QED) is 0.572. The number of allylic oxidation sites excluding steroid dienone is 2. The molecule has 2 aromatic heterocycles. The third-order valence-electron chi connectivity index (χ3n) is 6.14. The zero-order valence-corrected chi connectivity index (χ0v) is 17.8. The summed E-state index contributed by atoms with van der Waals surface area (Å²) in [5.74, 6) is 1.47. The van der Waals surface area contributed by atoms with E-state index in [1.54, 1.807) is 7.11 Å². The molecule has 2 N–H and O–H groups in total. The van der Waals surface area contributed by atoms with Crippen molar-refractivity contribution in [1.82, 2.24) is 9.97 Å². The van der Waals surface area contributed by atoms with Crippen LogP contribution in [0.2, 0.25) is 0 Å². The Morgan fingerprint density at radius 1 is 1.17 bits per heavy atom. The first-order valence-electron chi connectivity index (χ1n) is 11.2. The summed E-state index contributed by atoms with van der Waals surface area (Å²) >= 11 is 0. The van der Waals surface area contributed by atoms with Crippen LogP contribution in [0, 0.1) is 5.92 Å². The van der Waals surface area contributed by atoms with Gasteiger partial charge < -0.3 is 14.7 Å². The summed E-state index contributed by atoms with van der Waals surface area (Å²) in [4.78, 5) is 11.8. The van der Waals surface area contributed by atoms with Gasteiger partial charge in [0.05, 0.1) is 29.9 Å². The van der Waals surface area contributed by atoms with Crippen molar-refractivity contribution in [2.24, 2.45) is 10.9 Å². The second-order valence-corrected chi connectivity index (χ2v) is 8.27. The maximum Gasteiger partial charge on any atom is 0.144 e. The highest BCUT2D eigenvalue weighted by atomic mass is 16.5. The molecule has 1 aliphatic carbocycles. The van der Waals surface area contributed by atoms with E-state index in [4.69, 9.17) is 9.73 Å². The molecule has 0 amide bonds. The third kappa shape index (κ3) is 4.58. The maximum absolute atomic E-state index is 5.67. The van der Waals surface area contributed by atoms with Crippen LogP contribution in [0.3, 0.4) is 0 Å². The van der Waals surface area contributed by atoms with Gasteiger partial charge in [-0.25, -0.2) is 0 Å². The van der Waals surface area contributed by atoms with Gasteiger partial charge in [-0.1, -0.05) is 39.0 Å². The number of nitrogens with zero attached hydrogens (tertiary/aromatic N) is 1. The minimum Gasteiger partial charge on any atom is -0.494 e. The van der Waals surface area contributed by atoms with E-state index in [-0.39, 0.29) is 0 Å². The molecule has 4 heteroatoms. The highest BCUT2D eigenvalue weighted by Gasteiger charge is 2.23. The van der Waals surface area contributed by atoms with E-state index in [0.717, 1.165) is 34.9 Å². The SMILES string of the molecule is CCCC1CCCCCCCC2=NC(=Cc3[nH]c(-c4ccc[nH]4)cc3OC)C1=C2. The minimum absolute atomic E-state index is 0.606. The van der Waals surface area contributed by atoms with Gasteiger partial charge in [0.2, 0.25) is 0 Å². The van der Waals surface area contributed by atoms with Crippen LogP contribution in [0.25, 0.3) is 17.5 Å². The Kier molecular flexibility index (Phi) is 6.38. The summed E-state index contributed by atoms with van der Waals surface area (Å²) < 4.78 is 5.67. The molecule has 2 aromatic rings. The molecule has 0 fully saturated rings. The maximum atomic E-state index is 5.67. The molecule has 0 saturated heterocycles. The van der Waals surface area contributed by atoms with Crippen LogP contribution in [0.5, 0.6) is 5.75 Å². The number of ether oxygens (including phenoxy) is 1. The molecule has 4 nitrogen and oxygen atoms in total. The number of H-pyrrole nitrogens is 2. The summed E-state index contributed by atoms with van der Waals surface area (Å²) in [5.41, 5.74) is 6.89. The first kappa shape index (κ1) is 19.8. The molecular weight excluding hydrogens is 358 g/mol. The van der Waals surface area contributed by atoms with Crippen molar-refractivity contribution < 1.29 is 4.74 Å². The standard InChI is InChI=1S/C25H33N3O/c1-3-10-18-11-7-5-4-6-8-12-19-15-20(18)22(27-19)16-24-25(29-2)17-23(28-24)21-13-9-14-26-21/h9,13-18,26,28H,3-8,10-12H2,1-2H3. The second kappa shape index (κ2) is 9.34. The molecule has 3 heterocycles. The van der Waals surface area contributed by atoms with Crippen molar-refractivity contribution in [3.8, 4) is 17.1 Å². The number of hydrogen-bond acceptors (Lipinski definition) is 2. The van der Waals surface area contributed by atoms with Crippen LogP contribution in [-0.2, 0) is 0 Å². The molecule has 1 aliphatic heterocycles. The molecule has 1 atom stereocenters. The van der Waals surface area contributed by atoms with Crippen molar-refractivity contribution >= 4 is 11.8 Å². The molecular formula is C25H33N3O. The van der Waals surface area contributed by atoms with E-state index >= 15 is 0 Å². The second-order valence-electron chi connectivity index (χ2n) is 8.27. The fourth-order valence-electron chi connectivity index (χ4n) is 4.61. The molecule has 0 aromatic carbocycles. The van der Waals surface area contributed by atoms with Gasteiger partial charge in [-0.2, -0.15) is 0 Å². The molecule has 29 heavy (non-hydrogen) atoms. The number of hydrogen-bond donors (Lipinski definition) is 2. The van der Waals surface area contributed by atoms with Crippen molar-refractivity contribution in [1.29, 1.82) is 0 Å². The Hall–Kier alpha value is -2.49. The van der Waals surface area contributed by atoms with Crippen molar-refractivity contribution in [2.45, 2.75) is 64.7 Å². The summed E-state index contributed by atoms with van der Waals surface area (Å²) in [6.45, 7) is 2.29. The molecule has 0 spiro atoms. The van der Waals surface area contributed by atoms with E-state index < -0.39 is 0 Å². The van der Waals surface area contributed by atoms with Gasteiger partial charge in [0.1, 0.15) is 5.75 Å². The number of aromatic amines is 2. The largest absolute Gasteiger partial charge is 0.494 e. The fourth-order valence-corrected chi connectivity index (χ4v) is 4.61. The number of aliphatic imine (C=N–C) groups is 1. The lowest BCUT2D eigenvalue weighted by Gasteiger charge is -2.18. The Morgan fingerprint density at radius 2 is 2.03 bits per heavy atom. The highest BCUT2D eigenvalue weighted by Crippen LogP contribution is 2.37. The smallest absolute Gasteiger partial charge is 0.144 e. The number of fused-ring (bicyclic) bond motifs is 1. The van der Waals surface area contributed by atoms with Gasteiger partial charge in [0.15, 0.2) is 0 Å². The highest BCUT2D eigenvalue weighted by molar-refractivity contribution is 6.00. The zero-order chi connectivity index (χ0) is 20.1. The molecule has 154 valence electrons. The lowest BCUT2D eigenvalue weighted by atomic mass is 9.87. The van der Waals surface area contributed by atoms with Crippen LogP contribution in [0.15, 0.2) is 46.7 Å². The van der Waals surface area contributed by atoms with Crippen LogP contribution in [-0.4, -0.2) is 22.8 Å². The van der Waals surface area contributed by atoms with E-state index in [1.165, 1.54) is 62.7 Å². The molecule has 1 unspecified atom stereocenters. The monoisotopic (exact) mass is 391 g/mol. The van der Waals surface area contributed by atoms with Crippen molar-refractivity contribution in [3.63, 3.8) is 0 Å². The molecule has 0 saturated carbocycles. The summed E-state index contributed by atoms with van der Waals surface area (Å²) in [5, 5.41) is 0. The third-order valence-corrected chi connectivity index (χ3v) is 6.14. The summed E-state index contributed by atoms with van der Waals surface area (Å²) in [7, 11) is 1.73. The van der Waals surface area contributed by atoms with E-state index in [2.05, 4.69) is 41.2 Å². The van der Waals surface area contributed by atoms with Gasteiger partial charge >= 0.3 is 0 Å². The number of aromatic nitrogens is 2. The predicted octanol–water partition coefficient (Wildman–Crippen LogP) is 6.90. The minimum atomic E-state index is 0.606. The van der Waals surface area contributed by atoms with Gasteiger partial charge in [-0.3, -0.25) is 4.99 Å². The molecule has 0 radical (unpaired) electrons. The first-order chi connectivity index (χ1) is 14.3. The Labute approximate surface area is 174 Å². The first-order valence-corrected chi connectivity index (χ1v) is 11.2. The van der Waals surface area contributed by atoms with Crippen molar-refractivity contribution in [2.75, 3.05) is 7.11 Å². The summed E-state index contributed by atoms with van der Waals surface area (Å²) in [6.07, 6.45) is 18.0. The molecule has 2 aliphatic rings. The average molecular weight is 392 g/mol. The van der Waals surface area contributed by atoms with Gasteiger partial charge in [0.25, 0.3) is 0 Å². The Bertz CT molecular complexity index is 899. The van der Waals surface area contributed by atoms with E-state index in [0.29, 0.717) is 5.92 Å². The van der Waals surface area contributed by atoms with Crippen LogP contribution < -0.4 is 4.74 Å². The average Bonchev–Trinajstić information content (AvgIpc) is 3.45. The van der Waals surface area contributed by atoms with Gasteiger partial charge in [-0.05, 0) is 61.5 Å². The number of methoxy groups -OCH3 is 1. The van der Waals surface area contributed by atoms with E-state index in [9.17, 15) is 0 Å². The number of rotatable bonds is 5. The van der Waals surface area contributed by atoms with Crippen LogP contribution in [0.1, 0.15) is 70.4 Å². The van der Waals surface area contributed by atoms with E-state index in [1.807, 2.05) is 12.3 Å². The molecule has 2 bridgehead atoms. The Balaban J connectivity index is 1.69. The molecule has 4 rings (SSSR count). The zero-order valence-electron chi connectivity index (χ0n) is 17.8. The van der Waals surface area contributed by atoms with Crippen LogP contribution >= 0.6 is 0 Å². The van der Waals surface area contributed by atoms with Gasteiger partial charge in [-0.15, -0.1) is 0 Å². The van der Waals surface area contributed by atoms with Crippen molar-refractivity contribution in [3.05, 3.63) is 47.4 Å². The normalized spacial score (nSPS) is 21.6. The summed E-state index contributed by atoms with van der Waals surface area (Å²) in [6, 6.07) is 6.13. The predicted molar refractivity (Wildman–Crippen MR) is 121 cm³/mol. The Morgan fingerprint density at radius 3 is 2.83 bits per heavy atom. The van der Waals surface area contributed by atoms with Gasteiger partial charge in [0, 0.05) is 18.0 Å². The number of nitrogens with one attached hydrogen (secondary N) is 2. The lowest BCUT2D eigenvalue weighted by Crippen LogP contribution is -2.05. The lowest BCUT2D eigenvalue weighted by molar-refractivity contribution is 0.414. The fraction of sp³-hybridized carbons (Fsp3) is 0.480. The topological polar surface area (TPSA) is 53.2 Å².